The van der Waals surface area contributed by atoms with E-state index in [1.54, 1.807) is 12.3 Å². The van der Waals surface area contributed by atoms with E-state index in [1.165, 1.54) is 0 Å². The van der Waals surface area contributed by atoms with Crippen molar-refractivity contribution in [3.8, 4) is 11.3 Å². The Balaban J connectivity index is 1.57. The Bertz CT molecular complexity index is 909. The highest BCUT2D eigenvalue weighted by molar-refractivity contribution is 9.10. The number of aromatic nitrogens is 1. The van der Waals surface area contributed by atoms with Crippen LogP contribution in [0, 0.1) is 0 Å². The SMILES string of the molecule is CCC(NC(=O)CCc1ncc(-c2ccccc2Cl)o1)c1ccc(Br)cc1. The first-order chi connectivity index (χ1) is 13.1. The molecular weight excluding hydrogens is 428 g/mol. The van der Waals surface area contributed by atoms with Gasteiger partial charge in [-0.15, -0.1) is 0 Å². The van der Waals surface area contributed by atoms with Gasteiger partial charge in [0.2, 0.25) is 5.91 Å². The number of carbonyl (C=O) groups is 1. The maximum absolute atomic E-state index is 12.3. The average molecular weight is 448 g/mol. The summed E-state index contributed by atoms with van der Waals surface area (Å²) < 4.78 is 6.77. The van der Waals surface area contributed by atoms with Crippen molar-refractivity contribution in [3.05, 3.63) is 75.7 Å². The predicted molar refractivity (Wildman–Crippen MR) is 111 cm³/mol. The standard InChI is InChI=1S/C21H20BrClN2O2/c1-2-18(14-7-9-15(22)10-8-14)25-20(26)11-12-21-24-13-19(27-21)16-5-3-4-6-17(16)23/h3-10,13,18H,2,11-12H2,1H3,(H,25,26). The minimum atomic E-state index is -0.0257. The fourth-order valence-electron chi connectivity index (χ4n) is 2.81. The van der Waals surface area contributed by atoms with Crippen molar-refractivity contribution in [1.29, 1.82) is 0 Å². The number of rotatable bonds is 7. The van der Waals surface area contributed by atoms with E-state index < -0.39 is 0 Å². The number of aryl methyl sites for hydroxylation is 1. The van der Waals surface area contributed by atoms with Gasteiger partial charge in [-0.2, -0.15) is 0 Å². The summed E-state index contributed by atoms with van der Waals surface area (Å²) in [6, 6.07) is 15.4. The Morgan fingerprint density at radius 3 is 2.67 bits per heavy atom. The second-order valence-corrected chi connectivity index (χ2v) is 7.50. The van der Waals surface area contributed by atoms with Gasteiger partial charge in [0.1, 0.15) is 0 Å². The number of benzene rings is 2. The van der Waals surface area contributed by atoms with E-state index in [9.17, 15) is 4.79 Å². The van der Waals surface area contributed by atoms with Crippen molar-refractivity contribution >= 4 is 33.4 Å². The molecule has 1 aromatic heterocycles. The van der Waals surface area contributed by atoms with Crippen LogP contribution in [-0.4, -0.2) is 10.9 Å². The summed E-state index contributed by atoms with van der Waals surface area (Å²) in [5.41, 5.74) is 1.88. The zero-order chi connectivity index (χ0) is 19.2. The normalized spacial score (nSPS) is 12.0. The van der Waals surface area contributed by atoms with Crippen LogP contribution in [0.1, 0.15) is 37.3 Å². The zero-order valence-electron chi connectivity index (χ0n) is 14.9. The summed E-state index contributed by atoms with van der Waals surface area (Å²) >= 11 is 9.61. The molecule has 0 aliphatic carbocycles. The van der Waals surface area contributed by atoms with Gasteiger partial charge in [0.25, 0.3) is 0 Å². The number of oxazole rings is 1. The Morgan fingerprint density at radius 2 is 1.96 bits per heavy atom. The maximum Gasteiger partial charge on any atom is 0.220 e. The minimum absolute atomic E-state index is 0.00570. The van der Waals surface area contributed by atoms with E-state index in [-0.39, 0.29) is 11.9 Å². The third kappa shape index (κ3) is 5.21. The van der Waals surface area contributed by atoms with Crippen LogP contribution in [-0.2, 0) is 11.2 Å². The van der Waals surface area contributed by atoms with Crippen molar-refractivity contribution in [1.82, 2.24) is 10.3 Å². The number of amides is 1. The van der Waals surface area contributed by atoms with Crippen molar-refractivity contribution < 1.29 is 9.21 Å². The summed E-state index contributed by atoms with van der Waals surface area (Å²) in [7, 11) is 0. The number of hydrogen-bond donors (Lipinski definition) is 1. The smallest absolute Gasteiger partial charge is 0.220 e. The fraction of sp³-hybridized carbons (Fsp3) is 0.238. The van der Waals surface area contributed by atoms with Crippen LogP contribution in [0.25, 0.3) is 11.3 Å². The molecule has 3 rings (SSSR count). The van der Waals surface area contributed by atoms with Crippen LogP contribution in [0.15, 0.2) is 63.6 Å². The van der Waals surface area contributed by atoms with Gasteiger partial charge in [0, 0.05) is 22.9 Å². The zero-order valence-corrected chi connectivity index (χ0v) is 17.3. The number of carbonyl (C=O) groups excluding carboxylic acids is 1. The monoisotopic (exact) mass is 446 g/mol. The summed E-state index contributed by atoms with van der Waals surface area (Å²) in [4.78, 5) is 16.6. The molecule has 140 valence electrons. The van der Waals surface area contributed by atoms with Gasteiger partial charge in [0.15, 0.2) is 11.7 Å². The summed E-state index contributed by atoms with van der Waals surface area (Å²) in [6.07, 6.45) is 3.22. The van der Waals surface area contributed by atoms with Gasteiger partial charge in [-0.1, -0.05) is 58.7 Å². The van der Waals surface area contributed by atoms with Gasteiger partial charge >= 0.3 is 0 Å². The van der Waals surface area contributed by atoms with E-state index in [0.717, 1.165) is 22.0 Å². The van der Waals surface area contributed by atoms with E-state index in [4.69, 9.17) is 16.0 Å². The van der Waals surface area contributed by atoms with E-state index in [1.807, 2.05) is 42.5 Å². The molecular formula is C21H20BrClN2O2. The van der Waals surface area contributed by atoms with E-state index in [2.05, 4.69) is 33.2 Å². The van der Waals surface area contributed by atoms with Crippen LogP contribution < -0.4 is 5.32 Å². The molecule has 0 aliphatic heterocycles. The topological polar surface area (TPSA) is 55.1 Å². The molecule has 0 fully saturated rings. The van der Waals surface area contributed by atoms with Crippen LogP contribution in [0.5, 0.6) is 0 Å². The first-order valence-corrected chi connectivity index (χ1v) is 9.98. The van der Waals surface area contributed by atoms with Gasteiger partial charge in [-0.25, -0.2) is 4.98 Å². The molecule has 0 saturated carbocycles. The molecule has 6 heteroatoms. The summed E-state index contributed by atoms with van der Waals surface area (Å²) in [5.74, 6) is 1.11. The van der Waals surface area contributed by atoms with Crippen LogP contribution in [0.3, 0.4) is 0 Å². The van der Waals surface area contributed by atoms with E-state index >= 15 is 0 Å². The Labute approximate surface area is 172 Å². The van der Waals surface area contributed by atoms with Gasteiger partial charge in [0.05, 0.1) is 17.3 Å². The molecule has 0 radical (unpaired) electrons. The molecule has 0 aliphatic rings. The molecule has 0 spiro atoms. The van der Waals surface area contributed by atoms with Crippen molar-refractivity contribution in [2.24, 2.45) is 0 Å². The number of nitrogens with zero attached hydrogens (tertiary/aromatic N) is 1. The molecule has 1 N–H and O–H groups in total. The summed E-state index contributed by atoms with van der Waals surface area (Å²) in [6.45, 7) is 2.05. The number of nitrogens with one attached hydrogen (secondary N) is 1. The lowest BCUT2D eigenvalue weighted by molar-refractivity contribution is -0.121. The second-order valence-electron chi connectivity index (χ2n) is 6.18. The lowest BCUT2D eigenvalue weighted by atomic mass is 10.0. The van der Waals surface area contributed by atoms with Crippen molar-refractivity contribution in [2.45, 2.75) is 32.2 Å². The Morgan fingerprint density at radius 1 is 1.22 bits per heavy atom. The second kappa shape index (κ2) is 9.20. The molecule has 1 amide bonds. The molecule has 27 heavy (non-hydrogen) atoms. The fourth-order valence-corrected chi connectivity index (χ4v) is 3.31. The largest absolute Gasteiger partial charge is 0.441 e. The average Bonchev–Trinajstić information content (AvgIpc) is 3.14. The first kappa shape index (κ1) is 19.6. The molecule has 4 nitrogen and oxygen atoms in total. The molecule has 0 saturated heterocycles. The Kier molecular flexibility index (Phi) is 6.69. The van der Waals surface area contributed by atoms with Crippen LogP contribution >= 0.6 is 27.5 Å². The molecule has 1 atom stereocenters. The summed E-state index contributed by atoms with van der Waals surface area (Å²) in [5, 5.41) is 3.68. The minimum Gasteiger partial charge on any atom is -0.441 e. The molecule has 2 aromatic carbocycles. The lowest BCUT2D eigenvalue weighted by Gasteiger charge is -2.17. The highest BCUT2D eigenvalue weighted by atomic mass is 79.9. The Hall–Kier alpha value is -2.11. The van der Waals surface area contributed by atoms with Gasteiger partial charge < -0.3 is 9.73 Å². The quantitative estimate of drug-likeness (QED) is 0.486. The molecule has 3 aromatic rings. The van der Waals surface area contributed by atoms with Crippen LogP contribution in [0.4, 0.5) is 0 Å². The maximum atomic E-state index is 12.3. The third-order valence-corrected chi connectivity index (χ3v) is 5.13. The van der Waals surface area contributed by atoms with Gasteiger partial charge in [-0.3, -0.25) is 4.79 Å². The first-order valence-electron chi connectivity index (χ1n) is 8.81. The molecule has 1 heterocycles. The highest BCUT2D eigenvalue weighted by Gasteiger charge is 2.15. The highest BCUT2D eigenvalue weighted by Crippen LogP contribution is 2.28. The lowest BCUT2D eigenvalue weighted by Crippen LogP contribution is -2.28. The molecule has 1 unspecified atom stereocenters. The van der Waals surface area contributed by atoms with E-state index in [0.29, 0.717) is 29.5 Å². The molecule has 0 bridgehead atoms. The predicted octanol–water partition coefficient (Wildman–Crippen LogP) is 5.96. The number of halogens is 2. The van der Waals surface area contributed by atoms with Crippen molar-refractivity contribution in [2.75, 3.05) is 0 Å². The number of hydrogen-bond acceptors (Lipinski definition) is 3. The van der Waals surface area contributed by atoms with Gasteiger partial charge in [-0.05, 0) is 36.2 Å². The van der Waals surface area contributed by atoms with Crippen molar-refractivity contribution in [3.63, 3.8) is 0 Å². The van der Waals surface area contributed by atoms with Crippen LogP contribution in [0.2, 0.25) is 5.02 Å². The third-order valence-electron chi connectivity index (χ3n) is 4.27.